The van der Waals surface area contributed by atoms with E-state index in [-0.39, 0.29) is 29.2 Å². The zero-order valence-corrected chi connectivity index (χ0v) is 10.4. The molecule has 1 amide bonds. The third-order valence-corrected chi connectivity index (χ3v) is 2.70. The number of amides is 1. The lowest BCUT2D eigenvalue weighted by Gasteiger charge is -2.10. The lowest BCUT2D eigenvalue weighted by Crippen LogP contribution is -2.12. The topological polar surface area (TPSA) is 78.3 Å². The predicted molar refractivity (Wildman–Crippen MR) is 70.1 cm³/mol. The maximum absolute atomic E-state index is 13.6. The minimum atomic E-state index is -0.684. The number of rotatable bonds is 4. The van der Waals surface area contributed by atoms with Crippen molar-refractivity contribution in [3.8, 4) is 5.75 Å². The maximum Gasteiger partial charge on any atom is 0.248 e. The number of nitrogen functional groups attached to an aromatic ring is 1. The number of para-hydroxylation sites is 1. The first-order valence-electron chi connectivity index (χ1n) is 5.74. The molecule has 2 aromatic rings. The van der Waals surface area contributed by atoms with Crippen LogP contribution in [-0.2, 0) is 6.61 Å². The molecule has 0 aliphatic carbocycles. The van der Waals surface area contributed by atoms with E-state index in [2.05, 4.69) is 0 Å². The van der Waals surface area contributed by atoms with Crippen LogP contribution in [0.2, 0.25) is 0 Å². The summed E-state index contributed by atoms with van der Waals surface area (Å²) in [6, 6.07) is 7.71. The number of nitrogens with two attached hydrogens (primary N) is 2. The summed E-state index contributed by atoms with van der Waals surface area (Å²) < 4.78 is 32.2. The Morgan fingerprint density at radius 2 is 1.90 bits per heavy atom. The van der Waals surface area contributed by atoms with Crippen LogP contribution in [0.5, 0.6) is 5.75 Å². The molecule has 4 nitrogen and oxygen atoms in total. The second-order valence-corrected chi connectivity index (χ2v) is 4.12. The molecule has 0 radical (unpaired) electrons. The molecule has 0 aliphatic rings. The number of carbonyl (C=O) groups is 1. The third-order valence-electron chi connectivity index (χ3n) is 2.70. The summed E-state index contributed by atoms with van der Waals surface area (Å²) >= 11 is 0. The van der Waals surface area contributed by atoms with Gasteiger partial charge in [0.2, 0.25) is 5.91 Å². The van der Waals surface area contributed by atoms with Gasteiger partial charge < -0.3 is 16.2 Å². The van der Waals surface area contributed by atoms with E-state index in [9.17, 15) is 13.6 Å². The van der Waals surface area contributed by atoms with Crippen LogP contribution < -0.4 is 16.2 Å². The van der Waals surface area contributed by atoms with Crippen LogP contribution in [0.15, 0.2) is 36.4 Å². The number of hydrogen-bond acceptors (Lipinski definition) is 3. The molecule has 0 unspecified atom stereocenters. The Bertz CT molecular complexity index is 639. The van der Waals surface area contributed by atoms with E-state index in [1.807, 2.05) is 0 Å². The molecular formula is C14H12F2N2O2. The zero-order valence-electron chi connectivity index (χ0n) is 10.4. The van der Waals surface area contributed by atoms with Crippen molar-refractivity contribution in [1.29, 1.82) is 0 Å². The average molecular weight is 278 g/mol. The normalized spacial score (nSPS) is 10.3. The molecule has 0 heterocycles. The first-order valence-corrected chi connectivity index (χ1v) is 5.74. The van der Waals surface area contributed by atoms with Gasteiger partial charge in [-0.2, -0.15) is 0 Å². The third kappa shape index (κ3) is 2.85. The van der Waals surface area contributed by atoms with Crippen molar-refractivity contribution >= 4 is 11.6 Å². The largest absolute Gasteiger partial charge is 0.484 e. The Morgan fingerprint density at radius 1 is 1.15 bits per heavy atom. The monoisotopic (exact) mass is 278 g/mol. The number of carbonyl (C=O) groups excluding carboxylic acids is 1. The summed E-state index contributed by atoms with van der Waals surface area (Å²) in [6.45, 7) is -0.266. The molecule has 0 fully saturated rings. The van der Waals surface area contributed by atoms with Crippen LogP contribution in [0.1, 0.15) is 15.9 Å². The number of anilines is 1. The summed E-state index contributed by atoms with van der Waals surface area (Å²) in [5.41, 5.74) is 11.0. The number of halogens is 2. The molecule has 0 aliphatic heterocycles. The average Bonchev–Trinajstić information content (AvgIpc) is 2.39. The highest BCUT2D eigenvalue weighted by atomic mass is 19.1. The van der Waals surface area contributed by atoms with Gasteiger partial charge in [-0.05, 0) is 30.3 Å². The zero-order chi connectivity index (χ0) is 14.7. The number of primary amides is 1. The molecule has 4 N–H and O–H groups in total. The standard InChI is InChI=1S/C14H12F2N2O2/c15-10-5-4-8(14(18)19)6-9(10)7-20-13-11(16)2-1-3-12(13)17/h1-6H,7,17H2,(H2,18,19). The van der Waals surface area contributed by atoms with E-state index in [0.717, 1.165) is 6.07 Å². The number of benzene rings is 2. The van der Waals surface area contributed by atoms with Gasteiger partial charge in [0.05, 0.1) is 5.69 Å². The molecule has 104 valence electrons. The number of ether oxygens (including phenoxy) is 1. The van der Waals surface area contributed by atoms with E-state index in [1.54, 1.807) is 0 Å². The molecule has 0 aromatic heterocycles. The van der Waals surface area contributed by atoms with Crippen molar-refractivity contribution in [3.05, 3.63) is 59.2 Å². The molecule has 0 spiro atoms. The molecule has 2 rings (SSSR count). The van der Waals surface area contributed by atoms with Gasteiger partial charge in [-0.1, -0.05) is 6.07 Å². The van der Waals surface area contributed by atoms with Crippen LogP contribution in [0, 0.1) is 11.6 Å². The lowest BCUT2D eigenvalue weighted by atomic mass is 10.1. The molecule has 2 aromatic carbocycles. The van der Waals surface area contributed by atoms with Crippen molar-refractivity contribution in [3.63, 3.8) is 0 Å². The highest BCUT2D eigenvalue weighted by Gasteiger charge is 2.11. The van der Waals surface area contributed by atoms with E-state index >= 15 is 0 Å². The van der Waals surface area contributed by atoms with E-state index in [0.29, 0.717) is 0 Å². The summed E-state index contributed by atoms with van der Waals surface area (Å²) in [6.07, 6.45) is 0. The van der Waals surface area contributed by atoms with Gasteiger partial charge in [0, 0.05) is 11.1 Å². The van der Waals surface area contributed by atoms with Crippen LogP contribution >= 0.6 is 0 Å². The Balaban J connectivity index is 2.23. The summed E-state index contributed by atoms with van der Waals surface area (Å²) in [5.74, 6) is -2.06. The lowest BCUT2D eigenvalue weighted by molar-refractivity contribution is 0.1000. The van der Waals surface area contributed by atoms with E-state index in [4.69, 9.17) is 16.2 Å². The highest BCUT2D eigenvalue weighted by molar-refractivity contribution is 5.92. The second-order valence-electron chi connectivity index (χ2n) is 4.12. The quantitative estimate of drug-likeness (QED) is 0.842. The van der Waals surface area contributed by atoms with Crippen LogP contribution in [0.25, 0.3) is 0 Å². The molecule has 0 bridgehead atoms. The second kappa shape index (κ2) is 5.56. The summed E-state index contributed by atoms with van der Waals surface area (Å²) in [7, 11) is 0. The Morgan fingerprint density at radius 3 is 2.55 bits per heavy atom. The van der Waals surface area contributed by atoms with Crippen LogP contribution in [-0.4, -0.2) is 5.91 Å². The fourth-order valence-corrected chi connectivity index (χ4v) is 1.67. The SMILES string of the molecule is NC(=O)c1ccc(F)c(COc2c(N)cccc2F)c1. The van der Waals surface area contributed by atoms with Gasteiger partial charge in [-0.15, -0.1) is 0 Å². The number of hydrogen-bond donors (Lipinski definition) is 2. The minimum Gasteiger partial charge on any atom is -0.484 e. The minimum absolute atomic E-state index is 0.0870. The fraction of sp³-hybridized carbons (Fsp3) is 0.0714. The molecule has 0 saturated heterocycles. The van der Waals surface area contributed by atoms with Gasteiger partial charge in [0.1, 0.15) is 12.4 Å². The van der Waals surface area contributed by atoms with Gasteiger partial charge in [0.15, 0.2) is 11.6 Å². The smallest absolute Gasteiger partial charge is 0.248 e. The summed E-state index contributed by atoms with van der Waals surface area (Å²) in [4.78, 5) is 11.0. The van der Waals surface area contributed by atoms with Gasteiger partial charge >= 0.3 is 0 Å². The van der Waals surface area contributed by atoms with Crippen LogP contribution in [0.4, 0.5) is 14.5 Å². The molecular weight excluding hydrogens is 266 g/mol. The van der Waals surface area contributed by atoms with E-state index < -0.39 is 17.5 Å². The van der Waals surface area contributed by atoms with Crippen molar-refractivity contribution in [2.45, 2.75) is 6.61 Å². The molecule has 0 atom stereocenters. The van der Waals surface area contributed by atoms with Crippen molar-refractivity contribution < 1.29 is 18.3 Å². The first kappa shape index (κ1) is 13.8. The molecule has 20 heavy (non-hydrogen) atoms. The van der Waals surface area contributed by atoms with Gasteiger partial charge in [-0.25, -0.2) is 8.78 Å². The highest BCUT2D eigenvalue weighted by Crippen LogP contribution is 2.26. The molecule has 6 heteroatoms. The maximum atomic E-state index is 13.6. The molecule has 0 saturated carbocycles. The van der Waals surface area contributed by atoms with E-state index in [1.165, 1.54) is 30.3 Å². The fourth-order valence-electron chi connectivity index (χ4n) is 1.67. The Hall–Kier alpha value is -2.63. The predicted octanol–water partition coefficient (Wildman–Crippen LogP) is 2.22. The van der Waals surface area contributed by atoms with Crippen molar-refractivity contribution in [1.82, 2.24) is 0 Å². The Labute approximate surface area is 114 Å². The first-order chi connectivity index (χ1) is 9.49. The van der Waals surface area contributed by atoms with Crippen LogP contribution in [0.3, 0.4) is 0 Å². The van der Waals surface area contributed by atoms with Gasteiger partial charge in [-0.3, -0.25) is 4.79 Å². The van der Waals surface area contributed by atoms with Crippen molar-refractivity contribution in [2.24, 2.45) is 5.73 Å². The van der Waals surface area contributed by atoms with Gasteiger partial charge in [0.25, 0.3) is 0 Å². The van der Waals surface area contributed by atoms with Crippen molar-refractivity contribution in [2.75, 3.05) is 5.73 Å². The summed E-state index contributed by atoms with van der Waals surface area (Å²) in [5, 5.41) is 0. The Kier molecular flexibility index (Phi) is 3.84.